The Bertz CT molecular complexity index is 924. The molecular weight excluding hydrogens is 292 g/mol. The number of benzene rings is 1. The topological polar surface area (TPSA) is 90.8 Å². The van der Waals surface area contributed by atoms with Crippen molar-refractivity contribution in [3.05, 3.63) is 51.8 Å². The Morgan fingerprint density at radius 3 is 2.61 bits per heavy atom. The molecule has 2 aromatic heterocycles. The number of nitrogens with zero attached hydrogens (tertiary/aromatic N) is 4. The van der Waals surface area contributed by atoms with Gasteiger partial charge in [0, 0.05) is 33.3 Å². The van der Waals surface area contributed by atoms with Crippen LogP contribution in [0.1, 0.15) is 17.1 Å². The Hall–Kier alpha value is -2.67. The molecule has 3 rings (SSSR count). The number of aromatic nitrogens is 4. The van der Waals surface area contributed by atoms with E-state index in [-0.39, 0.29) is 5.69 Å². The van der Waals surface area contributed by atoms with Crippen LogP contribution in [0.15, 0.2) is 29.1 Å². The van der Waals surface area contributed by atoms with Crippen molar-refractivity contribution in [2.75, 3.05) is 5.32 Å². The third-order valence-electron chi connectivity index (χ3n) is 3.91. The molecule has 3 aromatic rings. The number of imidazole rings is 1. The first kappa shape index (κ1) is 15.2. The van der Waals surface area contributed by atoms with Crippen LogP contribution >= 0.6 is 0 Å². The molecule has 0 aliphatic rings. The third kappa shape index (κ3) is 2.83. The van der Waals surface area contributed by atoms with E-state index in [0.717, 1.165) is 28.1 Å². The van der Waals surface area contributed by atoms with E-state index in [0.29, 0.717) is 18.9 Å². The smallest absolute Gasteiger partial charge is 0.328 e. The Morgan fingerprint density at radius 1 is 1.13 bits per heavy atom. The van der Waals surface area contributed by atoms with Crippen LogP contribution in [0.3, 0.4) is 0 Å². The van der Waals surface area contributed by atoms with Gasteiger partial charge in [-0.2, -0.15) is 0 Å². The minimum absolute atomic E-state index is 0.0240. The summed E-state index contributed by atoms with van der Waals surface area (Å²) in [6.45, 7) is 2.84. The van der Waals surface area contributed by atoms with Crippen LogP contribution in [0.5, 0.6) is 0 Å². The molecular formula is C16H20N6O. The van der Waals surface area contributed by atoms with E-state index >= 15 is 0 Å². The molecule has 3 N–H and O–H groups in total. The lowest BCUT2D eigenvalue weighted by atomic mass is 10.2. The van der Waals surface area contributed by atoms with Crippen molar-refractivity contribution in [3.8, 4) is 0 Å². The average molecular weight is 312 g/mol. The molecule has 0 atom stereocenters. The molecule has 0 spiro atoms. The van der Waals surface area contributed by atoms with Crippen LogP contribution in [0, 0.1) is 6.92 Å². The first-order valence-electron chi connectivity index (χ1n) is 7.42. The monoisotopic (exact) mass is 312 g/mol. The van der Waals surface area contributed by atoms with Gasteiger partial charge in [0.05, 0.1) is 16.7 Å². The van der Waals surface area contributed by atoms with Gasteiger partial charge in [-0.3, -0.25) is 9.13 Å². The number of aryl methyl sites for hydroxylation is 3. The van der Waals surface area contributed by atoms with E-state index in [2.05, 4.69) is 15.3 Å². The average Bonchev–Trinajstić information content (AvgIpc) is 2.77. The number of hydrogen-bond acceptors (Lipinski definition) is 5. The van der Waals surface area contributed by atoms with E-state index in [4.69, 9.17) is 5.73 Å². The van der Waals surface area contributed by atoms with Gasteiger partial charge in [0.25, 0.3) is 0 Å². The molecule has 0 saturated carbocycles. The van der Waals surface area contributed by atoms with Crippen LogP contribution in [0.25, 0.3) is 11.0 Å². The lowest BCUT2D eigenvalue weighted by Gasteiger charge is -2.08. The fourth-order valence-corrected chi connectivity index (χ4v) is 2.68. The summed E-state index contributed by atoms with van der Waals surface area (Å²) in [6.07, 6.45) is 0. The fraction of sp³-hybridized carbons (Fsp3) is 0.312. The summed E-state index contributed by atoms with van der Waals surface area (Å²) < 4.78 is 3.30. The highest BCUT2D eigenvalue weighted by Crippen LogP contribution is 2.15. The Labute approximate surface area is 133 Å². The zero-order valence-corrected chi connectivity index (χ0v) is 13.5. The summed E-state index contributed by atoms with van der Waals surface area (Å²) in [6, 6.07) is 7.84. The van der Waals surface area contributed by atoms with Gasteiger partial charge in [-0.15, -0.1) is 0 Å². The van der Waals surface area contributed by atoms with Crippen LogP contribution in [-0.4, -0.2) is 19.1 Å². The van der Waals surface area contributed by atoms with Crippen LogP contribution in [-0.2, 0) is 27.2 Å². The molecule has 1 aromatic carbocycles. The first-order valence-corrected chi connectivity index (χ1v) is 7.42. The Balaban J connectivity index is 1.86. The largest absolute Gasteiger partial charge is 0.366 e. The molecule has 2 heterocycles. The van der Waals surface area contributed by atoms with Crippen molar-refractivity contribution < 1.29 is 0 Å². The number of rotatable bonds is 4. The van der Waals surface area contributed by atoms with Crippen molar-refractivity contribution in [2.24, 2.45) is 19.8 Å². The predicted octanol–water partition coefficient (Wildman–Crippen LogP) is 1.05. The van der Waals surface area contributed by atoms with Crippen molar-refractivity contribution in [2.45, 2.75) is 20.0 Å². The zero-order chi connectivity index (χ0) is 16.6. The summed E-state index contributed by atoms with van der Waals surface area (Å²) in [5, 5.41) is 3.28. The molecule has 7 nitrogen and oxygen atoms in total. The molecule has 0 unspecified atom stereocenters. The van der Waals surface area contributed by atoms with Crippen LogP contribution in [0.2, 0.25) is 0 Å². The van der Waals surface area contributed by atoms with Gasteiger partial charge < -0.3 is 11.1 Å². The van der Waals surface area contributed by atoms with Crippen molar-refractivity contribution >= 4 is 16.9 Å². The van der Waals surface area contributed by atoms with Crippen molar-refractivity contribution in [1.29, 1.82) is 0 Å². The number of fused-ring (bicyclic) bond motifs is 1. The quantitative estimate of drug-likeness (QED) is 0.751. The first-order chi connectivity index (χ1) is 11.0. The maximum absolute atomic E-state index is 12.0. The van der Waals surface area contributed by atoms with Crippen LogP contribution < -0.4 is 16.7 Å². The van der Waals surface area contributed by atoms with Crippen molar-refractivity contribution in [1.82, 2.24) is 19.1 Å². The molecule has 0 radical (unpaired) electrons. The van der Waals surface area contributed by atoms with E-state index in [1.54, 1.807) is 23.2 Å². The van der Waals surface area contributed by atoms with E-state index < -0.39 is 0 Å². The molecule has 0 aliphatic heterocycles. The molecule has 0 amide bonds. The second kappa shape index (κ2) is 5.85. The summed E-state index contributed by atoms with van der Waals surface area (Å²) in [5.41, 5.74) is 9.33. The summed E-state index contributed by atoms with van der Waals surface area (Å²) in [4.78, 5) is 20.6. The normalized spacial score (nSPS) is 11.1. The third-order valence-corrected chi connectivity index (χ3v) is 3.91. The summed E-state index contributed by atoms with van der Waals surface area (Å²) in [5.74, 6) is 1.44. The standard InChI is InChI=1S/C16H20N6O/c1-10-19-12(8-17)7-15(20-10)18-9-11-4-5-13-14(6-11)22(3)16(23)21(13)2/h4-7H,8-9,17H2,1-3H3,(H,18,19,20). The maximum atomic E-state index is 12.0. The maximum Gasteiger partial charge on any atom is 0.328 e. The predicted molar refractivity (Wildman–Crippen MR) is 90.1 cm³/mol. The SMILES string of the molecule is Cc1nc(CN)cc(NCc2ccc3c(c2)n(C)c(=O)n3C)n1. The highest BCUT2D eigenvalue weighted by Gasteiger charge is 2.08. The fourth-order valence-electron chi connectivity index (χ4n) is 2.68. The van der Waals surface area contributed by atoms with E-state index in [9.17, 15) is 4.79 Å². The minimum Gasteiger partial charge on any atom is -0.366 e. The zero-order valence-electron chi connectivity index (χ0n) is 13.5. The lowest BCUT2D eigenvalue weighted by molar-refractivity contribution is 0.795. The molecule has 0 saturated heterocycles. The molecule has 23 heavy (non-hydrogen) atoms. The highest BCUT2D eigenvalue weighted by atomic mass is 16.1. The molecule has 0 fully saturated rings. The van der Waals surface area contributed by atoms with Gasteiger partial charge in [-0.25, -0.2) is 14.8 Å². The van der Waals surface area contributed by atoms with E-state index in [1.807, 2.05) is 31.2 Å². The molecule has 0 aliphatic carbocycles. The number of nitrogens with one attached hydrogen (secondary N) is 1. The minimum atomic E-state index is -0.0240. The molecule has 0 bridgehead atoms. The van der Waals surface area contributed by atoms with Gasteiger partial charge in [0.15, 0.2) is 0 Å². The second-order valence-electron chi connectivity index (χ2n) is 5.57. The van der Waals surface area contributed by atoms with Crippen molar-refractivity contribution in [3.63, 3.8) is 0 Å². The van der Waals surface area contributed by atoms with Gasteiger partial charge >= 0.3 is 5.69 Å². The summed E-state index contributed by atoms with van der Waals surface area (Å²) >= 11 is 0. The Kier molecular flexibility index (Phi) is 3.87. The lowest BCUT2D eigenvalue weighted by Crippen LogP contribution is -2.19. The molecule has 120 valence electrons. The van der Waals surface area contributed by atoms with Gasteiger partial charge in [-0.1, -0.05) is 6.07 Å². The number of hydrogen-bond donors (Lipinski definition) is 2. The van der Waals surface area contributed by atoms with Crippen LogP contribution in [0.4, 0.5) is 5.82 Å². The second-order valence-corrected chi connectivity index (χ2v) is 5.57. The number of nitrogens with two attached hydrogens (primary N) is 1. The van der Waals surface area contributed by atoms with Gasteiger partial charge in [0.1, 0.15) is 11.6 Å². The van der Waals surface area contributed by atoms with Gasteiger partial charge in [0.2, 0.25) is 0 Å². The highest BCUT2D eigenvalue weighted by molar-refractivity contribution is 5.76. The Morgan fingerprint density at radius 2 is 1.87 bits per heavy atom. The van der Waals surface area contributed by atoms with E-state index in [1.165, 1.54) is 0 Å². The van der Waals surface area contributed by atoms with Gasteiger partial charge in [-0.05, 0) is 24.6 Å². The molecule has 7 heteroatoms. The summed E-state index contributed by atoms with van der Waals surface area (Å²) in [7, 11) is 3.56. The number of anilines is 1.